The number of hydrogen-bond donors (Lipinski definition) is 0. The zero-order valence-electron chi connectivity index (χ0n) is 8.71. The Labute approximate surface area is 88.1 Å². The fourth-order valence-electron chi connectivity index (χ4n) is 1.12. The summed E-state index contributed by atoms with van der Waals surface area (Å²) < 4.78 is 0. The fraction of sp³-hybridized carbons (Fsp3) is 0.200. The summed E-state index contributed by atoms with van der Waals surface area (Å²) in [6.45, 7) is 5.29. The van der Waals surface area contributed by atoms with Crippen molar-refractivity contribution in [3.8, 4) is 0 Å². The number of rotatable bonds is 4. The molecule has 0 bridgehead atoms. The van der Waals surface area contributed by atoms with Gasteiger partial charge in [0, 0.05) is 13.8 Å². The summed E-state index contributed by atoms with van der Waals surface area (Å²) >= 11 is 0. The number of hydrogen-bond acceptors (Lipinski definition) is 5. The van der Waals surface area contributed by atoms with E-state index in [9.17, 15) is 4.79 Å². The van der Waals surface area contributed by atoms with Crippen LogP contribution in [0.2, 0.25) is 0 Å². The van der Waals surface area contributed by atoms with Crippen molar-refractivity contribution >= 4 is 18.7 Å². The minimum absolute atomic E-state index is 0.309. The molecule has 1 heterocycles. The molecule has 1 aromatic heterocycles. The van der Waals surface area contributed by atoms with Crippen LogP contribution in [0.3, 0.4) is 0 Å². The van der Waals surface area contributed by atoms with Gasteiger partial charge in [0.25, 0.3) is 0 Å². The van der Waals surface area contributed by atoms with Crippen LogP contribution in [0.4, 0.5) is 0 Å². The van der Waals surface area contributed by atoms with E-state index in [-0.39, 0.29) is 0 Å². The van der Waals surface area contributed by atoms with E-state index >= 15 is 0 Å². The predicted octanol–water partition coefficient (Wildman–Crippen LogP) is 1.20. The largest absolute Gasteiger partial charge is 0.296 e. The molecule has 0 N–H and O–H groups in total. The number of hydrazone groups is 1. The first kappa shape index (κ1) is 11.0. The average molecular weight is 204 g/mol. The Balaban J connectivity index is 3.03. The molecule has 0 aliphatic heterocycles. The summed E-state index contributed by atoms with van der Waals surface area (Å²) in [6.07, 6.45) is 2.50. The molecule has 0 unspecified atom stereocenters. The standard InChI is InChI=1S/C10H12N4O/c1-4-10(14(3)11-2)9-6-5-8(7-15)12-13-9/h4-7H,2H2,1,3H3/b10-4-. The van der Waals surface area contributed by atoms with Gasteiger partial charge in [0.05, 0.1) is 5.70 Å². The lowest BCUT2D eigenvalue weighted by atomic mass is 10.2. The molecule has 0 saturated carbocycles. The molecule has 0 aromatic carbocycles. The molecular formula is C10H12N4O. The maximum Gasteiger partial charge on any atom is 0.170 e. The summed E-state index contributed by atoms with van der Waals surface area (Å²) in [7, 11) is 1.76. The molecule has 0 amide bonds. The van der Waals surface area contributed by atoms with E-state index in [0.717, 1.165) is 5.70 Å². The van der Waals surface area contributed by atoms with Crippen molar-refractivity contribution in [1.29, 1.82) is 0 Å². The summed E-state index contributed by atoms with van der Waals surface area (Å²) in [5.74, 6) is 0. The van der Waals surface area contributed by atoms with Gasteiger partial charge in [-0.25, -0.2) is 0 Å². The molecule has 0 radical (unpaired) electrons. The highest BCUT2D eigenvalue weighted by Crippen LogP contribution is 2.14. The van der Waals surface area contributed by atoms with Gasteiger partial charge in [0.15, 0.2) is 6.29 Å². The van der Waals surface area contributed by atoms with Crippen molar-refractivity contribution in [2.24, 2.45) is 5.10 Å². The van der Waals surface area contributed by atoms with Crippen LogP contribution in [0.5, 0.6) is 0 Å². The van der Waals surface area contributed by atoms with Gasteiger partial charge < -0.3 is 0 Å². The van der Waals surface area contributed by atoms with E-state index in [2.05, 4.69) is 22.0 Å². The molecular weight excluding hydrogens is 192 g/mol. The van der Waals surface area contributed by atoms with Gasteiger partial charge in [-0.15, -0.1) is 10.2 Å². The monoisotopic (exact) mass is 204 g/mol. The smallest absolute Gasteiger partial charge is 0.170 e. The van der Waals surface area contributed by atoms with E-state index in [1.54, 1.807) is 24.2 Å². The minimum atomic E-state index is 0.309. The van der Waals surface area contributed by atoms with E-state index < -0.39 is 0 Å². The normalized spacial score (nSPS) is 10.9. The van der Waals surface area contributed by atoms with Gasteiger partial charge in [-0.05, 0) is 19.1 Å². The van der Waals surface area contributed by atoms with Gasteiger partial charge in [-0.2, -0.15) is 5.10 Å². The predicted molar refractivity (Wildman–Crippen MR) is 58.4 cm³/mol. The van der Waals surface area contributed by atoms with E-state index in [0.29, 0.717) is 17.7 Å². The summed E-state index contributed by atoms with van der Waals surface area (Å²) in [5, 5.41) is 13.0. The number of aldehydes is 1. The highest BCUT2D eigenvalue weighted by molar-refractivity contribution is 5.72. The molecule has 5 nitrogen and oxygen atoms in total. The third-order valence-corrected chi connectivity index (χ3v) is 1.90. The highest BCUT2D eigenvalue weighted by Gasteiger charge is 2.06. The van der Waals surface area contributed by atoms with Crippen LogP contribution < -0.4 is 0 Å². The maximum absolute atomic E-state index is 10.4. The molecule has 0 atom stereocenters. The van der Waals surface area contributed by atoms with E-state index in [4.69, 9.17) is 0 Å². The van der Waals surface area contributed by atoms with Crippen molar-refractivity contribution in [1.82, 2.24) is 15.2 Å². The molecule has 78 valence electrons. The summed E-state index contributed by atoms with van der Waals surface area (Å²) in [4.78, 5) is 10.4. The van der Waals surface area contributed by atoms with Crippen LogP contribution in [-0.4, -0.2) is 35.3 Å². The van der Waals surface area contributed by atoms with Crippen LogP contribution in [0.1, 0.15) is 23.1 Å². The molecule has 0 spiro atoms. The molecule has 15 heavy (non-hydrogen) atoms. The number of allylic oxidation sites excluding steroid dienone is 1. The number of aromatic nitrogens is 2. The Kier molecular flexibility index (Phi) is 3.68. The molecule has 1 aromatic rings. The molecule has 1 rings (SSSR count). The van der Waals surface area contributed by atoms with Gasteiger partial charge in [0.2, 0.25) is 0 Å². The Morgan fingerprint density at radius 1 is 1.53 bits per heavy atom. The number of nitrogens with zero attached hydrogens (tertiary/aromatic N) is 4. The number of carbonyl (C=O) groups excluding carboxylic acids is 1. The molecule has 0 fully saturated rings. The van der Waals surface area contributed by atoms with Gasteiger partial charge >= 0.3 is 0 Å². The first-order valence-corrected chi connectivity index (χ1v) is 4.39. The summed E-state index contributed by atoms with van der Waals surface area (Å²) in [5.41, 5.74) is 1.75. The van der Waals surface area contributed by atoms with Crippen LogP contribution in [0.25, 0.3) is 5.70 Å². The van der Waals surface area contributed by atoms with Crippen molar-refractivity contribution in [2.45, 2.75) is 6.92 Å². The number of carbonyl (C=O) groups is 1. The average Bonchev–Trinajstić information content (AvgIpc) is 2.30. The zero-order valence-corrected chi connectivity index (χ0v) is 8.71. The lowest BCUT2D eigenvalue weighted by Gasteiger charge is -2.14. The second-order valence-electron chi connectivity index (χ2n) is 2.80. The third kappa shape index (κ3) is 2.46. The van der Waals surface area contributed by atoms with E-state index in [1.165, 1.54) is 0 Å². The van der Waals surface area contributed by atoms with Crippen molar-refractivity contribution in [3.05, 3.63) is 29.6 Å². The molecule has 0 aliphatic carbocycles. The van der Waals surface area contributed by atoms with Crippen LogP contribution in [0.15, 0.2) is 23.3 Å². The van der Waals surface area contributed by atoms with Crippen LogP contribution >= 0.6 is 0 Å². The quantitative estimate of drug-likeness (QED) is 0.420. The highest BCUT2D eigenvalue weighted by atomic mass is 16.1. The Morgan fingerprint density at radius 2 is 2.27 bits per heavy atom. The van der Waals surface area contributed by atoms with Crippen LogP contribution in [-0.2, 0) is 0 Å². The first-order valence-electron chi connectivity index (χ1n) is 4.39. The van der Waals surface area contributed by atoms with Crippen LogP contribution in [0, 0.1) is 0 Å². The van der Waals surface area contributed by atoms with E-state index in [1.807, 2.05) is 13.0 Å². The second-order valence-corrected chi connectivity index (χ2v) is 2.80. The first-order chi connectivity index (χ1) is 7.22. The minimum Gasteiger partial charge on any atom is -0.296 e. The van der Waals surface area contributed by atoms with Crippen molar-refractivity contribution < 1.29 is 4.79 Å². The Hall–Kier alpha value is -2.04. The molecule has 5 heteroatoms. The van der Waals surface area contributed by atoms with Crippen molar-refractivity contribution in [2.75, 3.05) is 7.05 Å². The topological polar surface area (TPSA) is 58.5 Å². The SMILES string of the molecule is C=NN(C)/C(=C\C)c1ccc(C=O)nn1. The maximum atomic E-state index is 10.4. The fourth-order valence-corrected chi connectivity index (χ4v) is 1.12. The Morgan fingerprint density at radius 3 is 2.67 bits per heavy atom. The van der Waals surface area contributed by atoms with Gasteiger partial charge in [0.1, 0.15) is 11.4 Å². The summed E-state index contributed by atoms with van der Waals surface area (Å²) in [6, 6.07) is 3.32. The molecule has 0 aliphatic rings. The van der Waals surface area contributed by atoms with Crippen molar-refractivity contribution in [3.63, 3.8) is 0 Å². The zero-order chi connectivity index (χ0) is 11.3. The Bertz CT molecular complexity index is 383. The third-order valence-electron chi connectivity index (χ3n) is 1.90. The van der Waals surface area contributed by atoms with Gasteiger partial charge in [-0.1, -0.05) is 6.08 Å². The van der Waals surface area contributed by atoms with Gasteiger partial charge in [-0.3, -0.25) is 9.80 Å². The second kappa shape index (κ2) is 4.99. The molecule has 0 saturated heterocycles. The lowest BCUT2D eigenvalue weighted by molar-refractivity contribution is 0.111. The lowest BCUT2D eigenvalue weighted by Crippen LogP contribution is -2.10.